The van der Waals surface area contributed by atoms with Crippen molar-refractivity contribution >= 4 is 5.97 Å². The van der Waals surface area contributed by atoms with Crippen molar-refractivity contribution in [2.24, 2.45) is 0 Å². The smallest absolute Gasteiger partial charge is 0.305 e. The van der Waals surface area contributed by atoms with Crippen LogP contribution in [0.4, 0.5) is 0 Å². The highest BCUT2D eigenvalue weighted by molar-refractivity contribution is 5.69. The van der Waals surface area contributed by atoms with Gasteiger partial charge in [0, 0.05) is 6.42 Å². The first-order valence-electron chi connectivity index (χ1n) is 8.00. The van der Waals surface area contributed by atoms with Crippen LogP contribution >= 0.6 is 0 Å². The number of cyclic esters (lactones) is 1. The summed E-state index contributed by atoms with van der Waals surface area (Å²) in [6.45, 7) is 0.588. The maximum absolute atomic E-state index is 11.5. The molecular weight excluding hydrogens is 248 g/mol. The van der Waals surface area contributed by atoms with E-state index in [0.717, 1.165) is 51.4 Å². The van der Waals surface area contributed by atoms with Crippen LogP contribution in [0.3, 0.4) is 0 Å². The third-order valence-electron chi connectivity index (χ3n) is 3.32. The zero-order chi connectivity index (χ0) is 14.3. The van der Waals surface area contributed by atoms with Gasteiger partial charge in [0.05, 0.1) is 6.61 Å². The van der Waals surface area contributed by atoms with Crippen molar-refractivity contribution in [3.63, 3.8) is 0 Å². The van der Waals surface area contributed by atoms with Gasteiger partial charge in [-0.3, -0.25) is 4.79 Å². The van der Waals surface area contributed by atoms with E-state index in [1.54, 1.807) is 0 Å². The Morgan fingerprint density at radius 1 is 0.700 bits per heavy atom. The predicted octanol–water partition coefficient (Wildman–Crippen LogP) is 5.11. The normalized spacial score (nSPS) is 25.5. The van der Waals surface area contributed by atoms with Crippen molar-refractivity contribution in [3.05, 3.63) is 36.5 Å². The first kappa shape index (κ1) is 16.7. The molecule has 0 aromatic carbocycles. The van der Waals surface area contributed by atoms with Crippen molar-refractivity contribution in [1.82, 2.24) is 0 Å². The minimum absolute atomic E-state index is 0.0327. The largest absolute Gasteiger partial charge is 0.466 e. The molecule has 1 rings (SSSR count). The number of allylic oxidation sites excluding steroid dienone is 6. The predicted molar refractivity (Wildman–Crippen MR) is 84.5 cm³/mol. The summed E-state index contributed by atoms with van der Waals surface area (Å²) >= 11 is 0. The van der Waals surface area contributed by atoms with Crippen LogP contribution in [-0.4, -0.2) is 12.6 Å². The lowest BCUT2D eigenvalue weighted by molar-refractivity contribution is -0.143. The second-order valence-corrected chi connectivity index (χ2v) is 5.20. The Morgan fingerprint density at radius 3 is 2.00 bits per heavy atom. The van der Waals surface area contributed by atoms with Crippen LogP contribution in [0.1, 0.15) is 64.2 Å². The molecule has 1 aliphatic heterocycles. The van der Waals surface area contributed by atoms with Crippen LogP contribution in [-0.2, 0) is 9.53 Å². The third-order valence-corrected chi connectivity index (χ3v) is 3.32. The molecule has 0 fully saturated rings. The number of hydrogen-bond donors (Lipinski definition) is 0. The minimum Gasteiger partial charge on any atom is -0.466 e. The number of esters is 1. The maximum Gasteiger partial charge on any atom is 0.305 e. The first-order valence-corrected chi connectivity index (χ1v) is 8.00. The van der Waals surface area contributed by atoms with Crippen LogP contribution < -0.4 is 0 Å². The van der Waals surface area contributed by atoms with Crippen molar-refractivity contribution in [2.45, 2.75) is 64.2 Å². The van der Waals surface area contributed by atoms with Gasteiger partial charge in [-0.25, -0.2) is 0 Å². The Bertz CT molecular complexity index is 326. The van der Waals surface area contributed by atoms with Crippen molar-refractivity contribution in [3.8, 4) is 0 Å². The molecule has 0 saturated heterocycles. The monoisotopic (exact) mass is 276 g/mol. The van der Waals surface area contributed by atoms with Gasteiger partial charge in [-0.1, -0.05) is 36.5 Å². The number of carbonyl (C=O) groups is 1. The average Bonchev–Trinajstić information content (AvgIpc) is 2.45. The zero-order valence-electron chi connectivity index (χ0n) is 12.6. The first-order chi connectivity index (χ1) is 9.89. The summed E-state index contributed by atoms with van der Waals surface area (Å²) in [7, 11) is 0. The SMILES string of the molecule is O=C1CCCC/C=C\C/C=C\C/C=C\CCCCCO1. The molecule has 0 aromatic heterocycles. The number of rotatable bonds is 0. The van der Waals surface area contributed by atoms with E-state index in [-0.39, 0.29) is 5.97 Å². The van der Waals surface area contributed by atoms with E-state index >= 15 is 0 Å². The lowest BCUT2D eigenvalue weighted by Crippen LogP contribution is -2.05. The molecule has 0 aliphatic carbocycles. The van der Waals surface area contributed by atoms with Gasteiger partial charge in [0.2, 0.25) is 0 Å². The fourth-order valence-corrected chi connectivity index (χ4v) is 2.11. The Balaban J connectivity index is 2.28. The molecule has 0 amide bonds. The lowest BCUT2D eigenvalue weighted by Gasteiger charge is -2.04. The van der Waals surface area contributed by atoms with E-state index < -0.39 is 0 Å². The molecule has 0 atom stereocenters. The molecule has 112 valence electrons. The molecule has 2 heteroatoms. The highest BCUT2D eigenvalue weighted by atomic mass is 16.5. The fourth-order valence-electron chi connectivity index (χ4n) is 2.11. The summed E-state index contributed by atoms with van der Waals surface area (Å²) in [6, 6.07) is 0. The van der Waals surface area contributed by atoms with Gasteiger partial charge in [0.1, 0.15) is 0 Å². The van der Waals surface area contributed by atoms with Crippen LogP contribution in [0.5, 0.6) is 0 Å². The summed E-state index contributed by atoms with van der Waals surface area (Å²) in [6.07, 6.45) is 23.4. The van der Waals surface area contributed by atoms with Gasteiger partial charge in [0.15, 0.2) is 0 Å². The minimum atomic E-state index is -0.0327. The molecule has 0 N–H and O–H groups in total. The summed E-state index contributed by atoms with van der Waals surface area (Å²) in [5.41, 5.74) is 0. The summed E-state index contributed by atoms with van der Waals surface area (Å²) in [5.74, 6) is -0.0327. The number of carbonyl (C=O) groups excluding carboxylic acids is 1. The maximum atomic E-state index is 11.5. The average molecular weight is 276 g/mol. The van der Waals surface area contributed by atoms with Gasteiger partial charge in [-0.15, -0.1) is 0 Å². The van der Waals surface area contributed by atoms with Gasteiger partial charge in [-0.05, 0) is 57.8 Å². The van der Waals surface area contributed by atoms with E-state index in [1.165, 1.54) is 6.42 Å². The van der Waals surface area contributed by atoms with Crippen molar-refractivity contribution in [2.75, 3.05) is 6.61 Å². The molecule has 0 unspecified atom stereocenters. The van der Waals surface area contributed by atoms with Crippen molar-refractivity contribution in [1.29, 1.82) is 0 Å². The van der Waals surface area contributed by atoms with E-state index in [1.807, 2.05) is 0 Å². The van der Waals surface area contributed by atoms with Crippen molar-refractivity contribution < 1.29 is 9.53 Å². The molecule has 2 nitrogen and oxygen atoms in total. The molecule has 20 heavy (non-hydrogen) atoms. The van der Waals surface area contributed by atoms with Crippen LogP contribution in [0.15, 0.2) is 36.5 Å². The Kier molecular flexibility index (Phi) is 10.6. The summed E-state index contributed by atoms with van der Waals surface area (Å²) in [4.78, 5) is 11.5. The second kappa shape index (κ2) is 12.7. The molecule has 0 bridgehead atoms. The highest BCUT2D eigenvalue weighted by Gasteiger charge is 2.01. The van der Waals surface area contributed by atoms with Crippen LogP contribution in [0, 0.1) is 0 Å². The van der Waals surface area contributed by atoms with E-state index in [9.17, 15) is 4.79 Å². The molecule has 0 radical (unpaired) electrons. The Hall–Kier alpha value is -1.31. The summed E-state index contributed by atoms with van der Waals surface area (Å²) in [5, 5.41) is 0. The Morgan fingerprint density at radius 2 is 1.30 bits per heavy atom. The van der Waals surface area contributed by atoms with E-state index in [4.69, 9.17) is 4.74 Å². The standard InChI is InChI=1S/C18H28O2/c19-18-16-14-12-10-8-6-4-2-1-3-5-7-9-11-13-15-17-20-18/h1-2,5-8H,3-4,9-17H2/b2-1-,7-5-,8-6-. The molecule has 1 heterocycles. The van der Waals surface area contributed by atoms with E-state index in [2.05, 4.69) is 36.5 Å². The highest BCUT2D eigenvalue weighted by Crippen LogP contribution is 2.06. The molecule has 1 aliphatic rings. The van der Waals surface area contributed by atoms with Crippen LogP contribution in [0.25, 0.3) is 0 Å². The summed E-state index contributed by atoms with van der Waals surface area (Å²) < 4.78 is 5.22. The van der Waals surface area contributed by atoms with Crippen LogP contribution in [0.2, 0.25) is 0 Å². The molecular formula is C18H28O2. The van der Waals surface area contributed by atoms with Gasteiger partial charge in [-0.2, -0.15) is 0 Å². The number of ether oxygens (including phenoxy) is 1. The molecule has 0 spiro atoms. The zero-order valence-corrected chi connectivity index (χ0v) is 12.6. The molecule has 0 saturated carbocycles. The van der Waals surface area contributed by atoms with Gasteiger partial charge >= 0.3 is 5.97 Å². The lowest BCUT2D eigenvalue weighted by atomic mass is 10.2. The quantitative estimate of drug-likeness (QED) is 0.454. The van der Waals surface area contributed by atoms with Gasteiger partial charge < -0.3 is 4.74 Å². The fraction of sp³-hybridized carbons (Fsp3) is 0.611. The number of hydrogen-bond acceptors (Lipinski definition) is 2. The third kappa shape index (κ3) is 10.6. The Labute approximate surface area is 123 Å². The topological polar surface area (TPSA) is 26.3 Å². The molecule has 0 aromatic rings. The second-order valence-electron chi connectivity index (χ2n) is 5.20. The van der Waals surface area contributed by atoms with Gasteiger partial charge in [0.25, 0.3) is 0 Å². The van der Waals surface area contributed by atoms with E-state index in [0.29, 0.717) is 13.0 Å².